The molecule has 0 spiro atoms. The average molecular weight is 252 g/mol. The first-order valence-electron chi connectivity index (χ1n) is 8.19. The van der Waals surface area contributed by atoms with Crippen molar-refractivity contribution in [1.82, 2.24) is 10.2 Å². The van der Waals surface area contributed by atoms with E-state index in [0.717, 1.165) is 30.5 Å². The second kappa shape index (κ2) is 6.91. The number of hydrogen-bond acceptors (Lipinski definition) is 2. The van der Waals surface area contributed by atoms with E-state index in [0.29, 0.717) is 0 Å². The lowest BCUT2D eigenvalue weighted by molar-refractivity contribution is 0.0703. The van der Waals surface area contributed by atoms with E-state index >= 15 is 0 Å². The molecule has 1 N–H and O–H groups in total. The maximum Gasteiger partial charge on any atom is 0.0117 e. The lowest BCUT2D eigenvalue weighted by Gasteiger charge is -2.43. The van der Waals surface area contributed by atoms with Crippen LogP contribution < -0.4 is 5.32 Å². The highest BCUT2D eigenvalue weighted by Crippen LogP contribution is 2.31. The molecular formula is C16H32N2. The smallest absolute Gasteiger partial charge is 0.0117 e. The standard InChI is InChI=1S/C16H32N2/c1-4-17-16-10-11-18(12-13(16)2)14(3)15-8-6-5-7-9-15/h13-17H,4-12H2,1-3H3. The van der Waals surface area contributed by atoms with Crippen LogP contribution in [-0.2, 0) is 0 Å². The fourth-order valence-corrected chi connectivity index (χ4v) is 4.03. The summed E-state index contributed by atoms with van der Waals surface area (Å²) < 4.78 is 0. The maximum atomic E-state index is 3.65. The lowest BCUT2D eigenvalue weighted by atomic mass is 9.82. The third kappa shape index (κ3) is 3.48. The number of nitrogens with one attached hydrogen (secondary N) is 1. The van der Waals surface area contributed by atoms with E-state index in [9.17, 15) is 0 Å². The molecule has 1 saturated heterocycles. The van der Waals surface area contributed by atoms with Crippen molar-refractivity contribution in [3.05, 3.63) is 0 Å². The molecule has 1 heterocycles. The molecule has 2 fully saturated rings. The van der Waals surface area contributed by atoms with E-state index in [4.69, 9.17) is 0 Å². The molecule has 0 aromatic heterocycles. The highest BCUT2D eigenvalue weighted by Gasteiger charge is 2.31. The molecule has 3 unspecified atom stereocenters. The molecule has 0 aromatic rings. The molecule has 0 radical (unpaired) electrons. The summed E-state index contributed by atoms with van der Waals surface area (Å²) in [4.78, 5) is 2.77. The molecule has 18 heavy (non-hydrogen) atoms. The van der Waals surface area contributed by atoms with Gasteiger partial charge in [0.15, 0.2) is 0 Å². The van der Waals surface area contributed by atoms with E-state index in [-0.39, 0.29) is 0 Å². The highest BCUT2D eigenvalue weighted by molar-refractivity contribution is 4.87. The van der Waals surface area contributed by atoms with Crippen molar-refractivity contribution in [2.45, 2.75) is 71.4 Å². The van der Waals surface area contributed by atoms with Gasteiger partial charge in [-0.3, -0.25) is 0 Å². The Morgan fingerprint density at radius 2 is 1.89 bits per heavy atom. The van der Waals surface area contributed by atoms with Gasteiger partial charge in [-0.2, -0.15) is 0 Å². The van der Waals surface area contributed by atoms with Gasteiger partial charge in [0, 0.05) is 18.6 Å². The Bertz CT molecular complexity index is 235. The number of piperidine rings is 1. The minimum absolute atomic E-state index is 0.754. The van der Waals surface area contributed by atoms with Gasteiger partial charge < -0.3 is 10.2 Å². The van der Waals surface area contributed by atoms with Crippen LogP contribution in [-0.4, -0.2) is 36.6 Å². The van der Waals surface area contributed by atoms with E-state index in [1.54, 1.807) is 0 Å². The minimum Gasteiger partial charge on any atom is -0.314 e. The van der Waals surface area contributed by atoms with Crippen molar-refractivity contribution in [2.24, 2.45) is 11.8 Å². The van der Waals surface area contributed by atoms with Crippen molar-refractivity contribution in [3.8, 4) is 0 Å². The predicted octanol–water partition coefficient (Wildman–Crippen LogP) is 3.28. The normalized spacial score (nSPS) is 33.5. The zero-order chi connectivity index (χ0) is 13.0. The van der Waals surface area contributed by atoms with Crippen molar-refractivity contribution >= 4 is 0 Å². The topological polar surface area (TPSA) is 15.3 Å². The zero-order valence-corrected chi connectivity index (χ0v) is 12.6. The van der Waals surface area contributed by atoms with Gasteiger partial charge in [-0.05, 0) is 51.1 Å². The molecule has 2 nitrogen and oxygen atoms in total. The zero-order valence-electron chi connectivity index (χ0n) is 12.6. The van der Waals surface area contributed by atoms with Gasteiger partial charge in [-0.1, -0.05) is 33.1 Å². The molecule has 1 aliphatic carbocycles. The number of likely N-dealkylation sites (tertiary alicyclic amines) is 1. The van der Waals surface area contributed by atoms with Gasteiger partial charge in [0.25, 0.3) is 0 Å². The SMILES string of the molecule is CCNC1CCN(C(C)C2CCCCC2)CC1C. The van der Waals surface area contributed by atoms with Crippen LogP contribution in [0.4, 0.5) is 0 Å². The van der Waals surface area contributed by atoms with Crippen LogP contribution in [0.3, 0.4) is 0 Å². The van der Waals surface area contributed by atoms with Crippen molar-refractivity contribution in [1.29, 1.82) is 0 Å². The van der Waals surface area contributed by atoms with Gasteiger partial charge in [-0.15, -0.1) is 0 Å². The first-order valence-corrected chi connectivity index (χ1v) is 8.19. The summed E-state index contributed by atoms with van der Waals surface area (Å²) >= 11 is 0. The van der Waals surface area contributed by atoms with E-state index in [2.05, 4.69) is 31.0 Å². The molecule has 2 aliphatic rings. The third-order valence-electron chi connectivity index (χ3n) is 5.31. The molecule has 2 heteroatoms. The second-order valence-electron chi connectivity index (χ2n) is 6.56. The Labute approximate surface area is 114 Å². The van der Waals surface area contributed by atoms with Gasteiger partial charge in [0.2, 0.25) is 0 Å². The molecule has 106 valence electrons. The fraction of sp³-hybridized carbons (Fsp3) is 1.00. The molecule has 0 bridgehead atoms. The molecule has 1 saturated carbocycles. The summed E-state index contributed by atoms with van der Waals surface area (Å²) in [6, 6.07) is 1.57. The number of hydrogen-bond donors (Lipinski definition) is 1. The fourth-order valence-electron chi connectivity index (χ4n) is 4.03. The van der Waals surface area contributed by atoms with Gasteiger partial charge in [-0.25, -0.2) is 0 Å². The van der Waals surface area contributed by atoms with E-state index < -0.39 is 0 Å². The number of rotatable bonds is 4. The second-order valence-corrected chi connectivity index (χ2v) is 6.56. The Morgan fingerprint density at radius 1 is 1.17 bits per heavy atom. The van der Waals surface area contributed by atoms with Crippen LogP contribution in [0.5, 0.6) is 0 Å². The molecular weight excluding hydrogens is 220 g/mol. The molecule has 2 rings (SSSR count). The Balaban J connectivity index is 1.83. The molecule has 1 aliphatic heterocycles. The molecule has 0 amide bonds. The maximum absolute atomic E-state index is 3.65. The van der Waals surface area contributed by atoms with E-state index in [1.165, 1.54) is 51.6 Å². The van der Waals surface area contributed by atoms with Crippen LogP contribution in [0.1, 0.15) is 59.3 Å². The Morgan fingerprint density at radius 3 is 2.50 bits per heavy atom. The minimum atomic E-state index is 0.754. The molecule has 3 atom stereocenters. The van der Waals surface area contributed by atoms with Crippen LogP contribution in [0.15, 0.2) is 0 Å². The molecule has 0 aromatic carbocycles. The number of nitrogens with zero attached hydrogens (tertiary/aromatic N) is 1. The van der Waals surface area contributed by atoms with Crippen molar-refractivity contribution in [2.75, 3.05) is 19.6 Å². The van der Waals surface area contributed by atoms with Crippen LogP contribution in [0.25, 0.3) is 0 Å². The van der Waals surface area contributed by atoms with Crippen molar-refractivity contribution in [3.63, 3.8) is 0 Å². The first-order chi connectivity index (χ1) is 8.72. The van der Waals surface area contributed by atoms with Crippen LogP contribution in [0.2, 0.25) is 0 Å². The summed E-state index contributed by atoms with van der Waals surface area (Å²) in [6.07, 6.45) is 8.70. The van der Waals surface area contributed by atoms with Crippen molar-refractivity contribution < 1.29 is 0 Å². The Hall–Kier alpha value is -0.0800. The Kier molecular flexibility index (Phi) is 5.50. The highest BCUT2D eigenvalue weighted by atomic mass is 15.2. The lowest BCUT2D eigenvalue weighted by Crippen LogP contribution is -2.52. The largest absolute Gasteiger partial charge is 0.314 e. The summed E-state index contributed by atoms with van der Waals surface area (Å²) in [5.74, 6) is 1.78. The van der Waals surface area contributed by atoms with Gasteiger partial charge in [0.05, 0.1) is 0 Å². The van der Waals surface area contributed by atoms with Crippen LogP contribution >= 0.6 is 0 Å². The van der Waals surface area contributed by atoms with Crippen LogP contribution in [0, 0.1) is 11.8 Å². The monoisotopic (exact) mass is 252 g/mol. The average Bonchev–Trinajstić information content (AvgIpc) is 2.41. The summed E-state index contributed by atoms with van der Waals surface area (Å²) in [6.45, 7) is 10.9. The van der Waals surface area contributed by atoms with Gasteiger partial charge >= 0.3 is 0 Å². The summed E-state index contributed by atoms with van der Waals surface area (Å²) in [7, 11) is 0. The summed E-state index contributed by atoms with van der Waals surface area (Å²) in [5.41, 5.74) is 0. The first kappa shape index (κ1) is 14.3. The van der Waals surface area contributed by atoms with Gasteiger partial charge in [0.1, 0.15) is 0 Å². The van der Waals surface area contributed by atoms with E-state index in [1.807, 2.05) is 0 Å². The quantitative estimate of drug-likeness (QED) is 0.826. The predicted molar refractivity (Wildman–Crippen MR) is 78.9 cm³/mol. The third-order valence-corrected chi connectivity index (χ3v) is 5.31. The summed E-state index contributed by atoms with van der Waals surface area (Å²) in [5, 5.41) is 3.65.